The van der Waals surface area contributed by atoms with Crippen LogP contribution in [-0.2, 0) is 12.8 Å². The summed E-state index contributed by atoms with van der Waals surface area (Å²) in [6.45, 7) is 0. The number of rotatable bonds is 1. The van der Waals surface area contributed by atoms with E-state index in [1.54, 1.807) is 0 Å². The molecule has 1 nitrogen and oxygen atoms in total. The predicted octanol–water partition coefficient (Wildman–Crippen LogP) is 3.56. The molecule has 0 unspecified atom stereocenters. The number of benzene rings is 1. The van der Waals surface area contributed by atoms with Gasteiger partial charge in [-0.1, -0.05) is 30.3 Å². The summed E-state index contributed by atoms with van der Waals surface area (Å²) in [5.41, 5.74) is 5.56. The van der Waals surface area contributed by atoms with Gasteiger partial charge in [-0.05, 0) is 42.9 Å². The topological polar surface area (TPSA) is 15.8 Å². The third kappa shape index (κ3) is 1.58. The molecule has 1 heteroatoms. The van der Waals surface area contributed by atoms with Crippen molar-refractivity contribution in [2.75, 3.05) is 0 Å². The molecule has 0 amide bonds. The summed E-state index contributed by atoms with van der Waals surface area (Å²) in [5, 5.41) is 0. The third-order valence-corrected chi connectivity index (χ3v) is 3.20. The van der Waals surface area contributed by atoms with Crippen LogP contribution < -0.4 is 0 Å². The first-order chi connectivity index (χ1) is 7.43. The second-order valence-corrected chi connectivity index (χ2v) is 4.26. The van der Waals surface area contributed by atoms with Gasteiger partial charge >= 0.3 is 0 Å². The Morgan fingerprint density at radius 1 is 0.933 bits per heavy atom. The first-order valence-corrected chi connectivity index (χ1v) is 5.70. The average molecular weight is 197 g/mol. The summed E-state index contributed by atoms with van der Waals surface area (Å²) in [4.78, 5) is 3.55. The van der Waals surface area contributed by atoms with Crippen LogP contribution in [0.1, 0.15) is 24.1 Å². The Kier molecular flexibility index (Phi) is 2.09. The molecular formula is C14H15N. The molecule has 1 aromatic carbocycles. The fraction of sp³-hybridized carbons (Fsp3) is 0.286. The highest BCUT2D eigenvalue weighted by Gasteiger charge is 2.12. The Bertz CT molecular complexity index is 430. The van der Waals surface area contributed by atoms with Crippen LogP contribution in [0.25, 0.3) is 11.3 Å². The molecule has 3 rings (SSSR count). The number of fused-ring (bicyclic) bond motifs is 1. The van der Waals surface area contributed by atoms with E-state index in [1.807, 2.05) is 0 Å². The second kappa shape index (κ2) is 3.58. The maximum atomic E-state index is 3.55. The van der Waals surface area contributed by atoms with Gasteiger partial charge in [0.2, 0.25) is 0 Å². The number of H-pyrrole nitrogens is 1. The highest BCUT2D eigenvalue weighted by atomic mass is 14.7. The average Bonchev–Trinajstić information content (AvgIpc) is 2.74. The zero-order chi connectivity index (χ0) is 10.1. The number of hydrogen-bond donors (Lipinski definition) is 1. The van der Waals surface area contributed by atoms with Crippen molar-refractivity contribution >= 4 is 0 Å². The van der Waals surface area contributed by atoms with Crippen LogP contribution in [0.4, 0.5) is 0 Å². The summed E-state index contributed by atoms with van der Waals surface area (Å²) in [7, 11) is 0. The molecule has 76 valence electrons. The Balaban J connectivity index is 2.03. The van der Waals surface area contributed by atoms with Crippen LogP contribution in [-0.4, -0.2) is 4.98 Å². The molecule has 1 aliphatic carbocycles. The van der Waals surface area contributed by atoms with Gasteiger partial charge in [-0.3, -0.25) is 0 Å². The molecule has 1 aromatic heterocycles. The molecule has 0 aliphatic heterocycles. The Labute approximate surface area is 90.2 Å². The predicted molar refractivity (Wildman–Crippen MR) is 62.9 cm³/mol. The Morgan fingerprint density at radius 2 is 1.73 bits per heavy atom. The summed E-state index contributed by atoms with van der Waals surface area (Å²) >= 11 is 0. The van der Waals surface area contributed by atoms with E-state index in [2.05, 4.69) is 41.4 Å². The van der Waals surface area contributed by atoms with Gasteiger partial charge < -0.3 is 4.98 Å². The minimum absolute atomic E-state index is 1.22. The van der Waals surface area contributed by atoms with Crippen LogP contribution in [0.5, 0.6) is 0 Å². The maximum absolute atomic E-state index is 3.55. The second-order valence-electron chi connectivity index (χ2n) is 4.26. The molecule has 2 aromatic rings. The van der Waals surface area contributed by atoms with Gasteiger partial charge in [-0.2, -0.15) is 0 Å². The Hall–Kier alpha value is -1.50. The highest BCUT2D eigenvalue weighted by Crippen LogP contribution is 2.26. The fourth-order valence-electron chi connectivity index (χ4n) is 2.38. The summed E-state index contributed by atoms with van der Waals surface area (Å²) in [5.74, 6) is 0. The van der Waals surface area contributed by atoms with Crippen molar-refractivity contribution in [3.05, 3.63) is 47.7 Å². The first-order valence-electron chi connectivity index (χ1n) is 5.70. The minimum Gasteiger partial charge on any atom is -0.358 e. The molecule has 0 spiro atoms. The van der Waals surface area contributed by atoms with E-state index in [9.17, 15) is 0 Å². The number of aromatic nitrogens is 1. The van der Waals surface area contributed by atoms with E-state index in [0.717, 1.165) is 0 Å². The molecule has 1 N–H and O–H groups in total. The van der Waals surface area contributed by atoms with E-state index in [-0.39, 0.29) is 0 Å². The van der Waals surface area contributed by atoms with Crippen molar-refractivity contribution in [3.8, 4) is 11.3 Å². The lowest BCUT2D eigenvalue weighted by atomic mass is 9.98. The van der Waals surface area contributed by atoms with Crippen molar-refractivity contribution in [1.82, 2.24) is 4.98 Å². The van der Waals surface area contributed by atoms with Crippen LogP contribution in [0, 0.1) is 0 Å². The molecule has 0 radical (unpaired) electrons. The maximum Gasteiger partial charge on any atom is 0.0458 e. The Morgan fingerprint density at radius 3 is 2.53 bits per heavy atom. The number of aromatic amines is 1. The van der Waals surface area contributed by atoms with E-state index in [4.69, 9.17) is 0 Å². The van der Waals surface area contributed by atoms with E-state index in [1.165, 1.54) is 48.2 Å². The van der Waals surface area contributed by atoms with Gasteiger partial charge in [0.05, 0.1) is 0 Å². The molecule has 0 bridgehead atoms. The first kappa shape index (κ1) is 8.78. The van der Waals surface area contributed by atoms with E-state index in [0.29, 0.717) is 0 Å². The standard InChI is InChI=1S/C14H15N/c1-2-6-11(7-3-1)14-10-12-8-4-5-9-13(12)15-14/h1-3,6-7,10,15H,4-5,8-9H2. The third-order valence-electron chi connectivity index (χ3n) is 3.20. The van der Waals surface area contributed by atoms with Gasteiger partial charge in [0.25, 0.3) is 0 Å². The van der Waals surface area contributed by atoms with Crippen molar-refractivity contribution < 1.29 is 0 Å². The fourth-order valence-corrected chi connectivity index (χ4v) is 2.38. The highest BCUT2D eigenvalue weighted by molar-refractivity contribution is 5.61. The van der Waals surface area contributed by atoms with Crippen LogP contribution in [0.2, 0.25) is 0 Å². The normalized spacial score (nSPS) is 14.9. The van der Waals surface area contributed by atoms with Crippen molar-refractivity contribution in [2.45, 2.75) is 25.7 Å². The lowest BCUT2D eigenvalue weighted by Crippen LogP contribution is -1.99. The van der Waals surface area contributed by atoms with E-state index >= 15 is 0 Å². The number of nitrogens with one attached hydrogen (secondary N) is 1. The molecule has 0 atom stereocenters. The van der Waals surface area contributed by atoms with Crippen LogP contribution in [0.15, 0.2) is 36.4 Å². The quantitative estimate of drug-likeness (QED) is 0.719. The number of aryl methyl sites for hydroxylation is 2. The summed E-state index contributed by atoms with van der Waals surface area (Å²) in [6, 6.07) is 12.9. The van der Waals surface area contributed by atoms with Gasteiger partial charge in [-0.25, -0.2) is 0 Å². The SMILES string of the molecule is c1ccc(-c2cc3c([nH]2)CCCC3)cc1. The van der Waals surface area contributed by atoms with Gasteiger partial charge in [-0.15, -0.1) is 0 Å². The zero-order valence-electron chi connectivity index (χ0n) is 8.79. The summed E-state index contributed by atoms with van der Waals surface area (Å²) in [6.07, 6.45) is 5.15. The number of hydrogen-bond acceptors (Lipinski definition) is 0. The van der Waals surface area contributed by atoms with Gasteiger partial charge in [0.15, 0.2) is 0 Å². The smallest absolute Gasteiger partial charge is 0.0458 e. The minimum atomic E-state index is 1.22. The van der Waals surface area contributed by atoms with Crippen LogP contribution >= 0.6 is 0 Å². The lowest BCUT2D eigenvalue weighted by Gasteiger charge is -2.08. The molecular weight excluding hydrogens is 182 g/mol. The van der Waals surface area contributed by atoms with E-state index < -0.39 is 0 Å². The largest absolute Gasteiger partial charge is 0.358 e. The monoisotopic (exact) mass is 197 g/mol. The summed E-state index contributed by atoms with van der Waals surface area (Å²) < 4.78 is 0. The molecule has 0 saturated heterocycles. The van der Waals surface area contributed by atoms with Crippen molar-refractivity contribution in [1.29, 1.82) is 0 Å². The molecule has 1 aliphatic rings. The zero-order valence-corrected chi connectivity index (χ0v) is 8.79. The molecule has 1 heterocycles. The molecule has 0 fully saturated rings. The van der Waals surface area contributed by atoms with Crippen molar-refractivity contribution in [3.63, 3.8) is 0 Å². The van der Waals surface area contributed by atoms with Crippen molar-refractivity contribution in [2.24, 2.45) is 0 Å². The van der Waals surface area contributed by atoms with Crippen LogP contribution in [0.3, 0.4) is 0 Å². The molecule has 0 saturated carbocycles. The van der Waals surface area contributed by atoms with Gasteiger partial charge in [0.1, 0.15) is 0 Å². The molecule has 15 heavy (non-hydrogen) atoms. The van der Waals surface area contributed by atoms with Gasteiger partial charge in [0, 0.05) is 11.4 Å². The lowest BCUT2D eigenvalue weighted by molar-refractivity contribution is 0.677.